The molecule has 0 aromatic carbocycles. The zero-order valence-electron chi connectivity index (χ0n) is 12.8. The molecule has 8 heteroatoms. The summed E-state index contributed by atoms with van der Waals surface area (Å²) < 4.78 is 5.01. The largest absolute Gasteiger partial charge is 0.481 e. The third-order valence-electron chi connectivity index (χ3n) is 4.13. The molecule has 0 aliphatic carbocycles. The minimum Gasteiger partial charge on any atom is -0.481 e. The first kappa shape index (κ1) is 16.4. The second kappa shape index (κ2) is 7.35. The molecular formula is C14H22N4O4. The van der Waals surface area contributed by atoms with Crippen molar-refractivity contribution in [3.05, 3.63) is 12.4 Å². The fourth-order valence-corrected chi connectivity index (χ4v) is 2.93. The van der Waals surface area contributed by atoms with Crippen molar-refractivity contribution in [2.75, 3.05) is 26.8 Å². The summed E-state index contributed by atoms with van der Waals surface area (Å²) in [5, 5.41) is 17.5. The summed E-state index contributed by atoms with van der Waals surface area (Å²) >= 11 is 0. The van der Waals surface area contributed by atoms with E-state index in [4.69, 9.17) is 4.74 Å². The Morgan fingerprint density at radius 3 is 2.73 bits per heavy atom. The van der Waals surface area contributed by atoms with E-state index in [1.54, 1.807) is 12.0 Å². The molecule has 0 saturated carbocycles. The van der Waals surface area contributed by atoms with Crippen LogP contribution < -0.4 is 0 Å². The SMILES string of the molecule is COCCCC1(C(=O)O)CCCN(C(=O)Cn2nccn2)C1. The van der Waals surface area contributed by atoms with Gasteiger partial charge in [-0.25, -0.2) is 0 Å². The molecule has 1 N–H and O–H groups in total. The molecule has 1 saturated heterocycles. The van der Waals surface area contributed by atoms with E-state index in [1.807, 2.05) is 0 Å². The number of ether oxygens (including phenoxy) is 1. The van der Waals surface area contributed by atoms with Crippen molar-refractivity contribution in [1.82, 2.24) is 19.9 Å². The first-order valence-electron chi connectivity index (χ1n) is 7.42. The van der Waals surface area contributed by atoms with Crippen LogP contribution in [0.1, 0.15) is 25.7 Å². The van der Waals surface area contributed by atoms with Crippen molar-refractivity contribution < 1.29 is 19.4 Å². The Morgan fingerprint density at radius 1 is 1.36 bits per heavy atom. The molecule has 1 aliphatic heterocycles. The van der Waals surface area contributed by atoms with E-state index in [-0.39, 0.29) is 19.0 Å². The summed E-state index contributed by atoms with van der Waals surface area (Å²) in [6.07, 6.45) is 5.49. The number of nitrogens with zero attached hydrogens (tertiary/aromatic N) is 4. The van der Waals surface area contributed by atoms with Gasteiger partial charge in [-0.2, -0.15) is 15.0 Å². The maximum Gasteiger partial charge on any atom is 0.311 e. The van der Waals surface area contributed by atoms with E-state index in [1.165, 1.54) is 17.2 Å². The Hall–Kier alpha value is -1.96. The minimum atomic E-state index is -0.871. The van der Waals surface area contributed by atoms with E-state index in [0.717, 1.165) is 0 Å². The molecule has 1 aromatic heterocycles. The monoisotopic (exact) mass is 310 g/mol. The van der Waals surface area contributed by atoms with Gasteiger partial charge in [-0.15, -0.1) is 0 Å². The van der Waals surface area contributed by atoms with Crippen molar-refractivity contribution in [3.63, 3.8) is 0 Å². The van der Waals surface area contributed by atoms with Gasteiger partial charge in [0.05, 0.1) is 17.8 Å². The normalized spacial score (nSPS) is 21.8. The van der Waals surface area contributed by atoms with Crippen molar-refractivity contribution >= 4 is 11.9 Å². The summed E-state index contributed by atoms with van der Waals surface area (Å²) in [6, 6.07) is 0. The van der Waals surface area contributed by atoms with Crippen LogP contribution in [0.25, 0.3) is 0 Å². The second-order valence-corrected chi connectivity index (χ2v) is 5.66. The number of aliphatic carboxylic acids is 1. The predicted molar refractivity (Wildman–Crippen MR) is 77.0 cm³/mol. The number of carboxylic acid groups (broad SMARTS) is 1. The van der Waals surface area contributed by atoms with Crippen LogP contribution in [0.15, 0.2) is 12.4 Å². The molecule has 1 unspecified atom stereocenters. The molecule has 122 valence electrons. The van der Waals surface area contributed by atoms with E-state index in [2.05, 4.69) is 10.2 Å². The van der Waals surface area contributed by atoms with Gasteiger partial charge in [-0.1, -0.05) is 0 Å². The van der Waals surface area contributed by atoms with Crippen molar-refractivity contribution in [1.29, 1.82) is 0 Å². The van der Waals surface area contributed by atoms with Crippen LogP contribution in [0, 0.1) is 5.41 Å². The molecule has 8 nitrogen and oxygen atoms in total. The van der Waals surface area contributed by atoms with Crippen LogP contribution in [0.4, 0.5) is 0 Å². The standard InChI is InChI=1S/C14H22N4O4/c1-22-9-3-5-14(13(20)21)4-2-8-17(11-14)12(19)10-18-15-6-7-16-18/h6-7H,2-5,8-11H2,1H3,(H,20,21). The van der Waals surface area contributed by atoms with Crippen LogP contribution in [0.5, 0.6) is 0 Å². The average Bonchev–Trinajstić information content (AvgIpc) is 3.00. The minimum absolute atomic E-state index is 0.0424. The summed E-state index contributed by atoms with van der Waals surface area (Å²) in [5.74, 6) is -0.980. The summed E-state index contributed by atoms with van der Waals surface area (Å²) in [4.78, 5) is 27.0. The Kier molecular flexibility index (Phi) is 5.48. The van der Waals surface area contributed by atoms with E-state index in [9.17, 15) is 14.7 Å². The van der Waals surface area contributed by atoms with E-state index >= 15 is 0 Å². The number of carbonyl (C=O) groups excluding carboxylic acids is 1. The highest BCUT2D eigenvalue weighted by atomic mass is 16.5. The Morgan fingerprint density at radius 2 is 2.09 bits per heavy atom. The number of piperidine rings is 1. The second-order valence-electron chi connectivity index (χ2n) is 5.66. The molecule has 0 radical (unpaired) electrons. The molecule has 22 heavy (non-hydrogen) atoms. The molecule has 0 spiro atoms. The third kappa shape index (κ3) is 3.82. The van der Waals surface area contributed by atoms with E-state index in [0.29, 0.717) is 38.8 Å². The van der Waals surface area contributed by atoms with Gasteiger partial charge in [0.1, 0.15) is 6.54 Å². The summed E-state index contributed by atoms with van der Waals surface area (Å²) in [6.45, 7) is 1.40. The molecule has 2 rings (SSSR count). The number of likely N-dealkylation sites (tertiary alicyclic amines) is 1. The van der Waals surface area contributed by atoms with Crippen molar-refractivity contribution in [2.24, 2.45) is 5.41 Å². The molecule has 1 aromatic rings. The Balaban J connectivity index is 2.01. The van der Waals surface area contributed by atoms with Crippen LogP contribution >= 0.6 is 0 Å². The number of hydrogen-bond donors (Lipinski definition) is 1. The number of carbonyl (C=O) groups is 2. The first-order valence-corrected chi connectivity index (χ1v) is 7.42. The Labute approximate surface area is 129 Å². The van der Waals surface area contributed by atoms with Gasteiger partial charge in [0.2, 0.25) is 5.91 Å². The third-order valence-corrected chi connectivity index (χ3v) is 4.13. The van der Waals surface area contributed by atoms with Gasteiger partial charge in [0.15, 0.2) is 0 Å². The molecule has 0 bridgehead atoms. The van der Waals surface area contributed by atoms with Gasteiger partial charge in [0, 0.05) is 26.8 Å². The highest BCUT2D eigenvalue weighted by Crippen LogP contribution is 2.35. The number of aromatic nitrogens is 3. The van der Waals surface area contributed by atoms with Crippen LogP contribution in [0.3, 0.4) is 0 Å². The number of rotatable bonds is 7. The van der Waals surface area contributed by atoms with Gasteiger partial charge in [0.25, 0.3) is 0 Å². The molecule has 1 fully saturated rings. The number of hydrogen-bond acceptors (Lipinski definition) is 5. The molecule has 1 aliphatic rings. The molecule has 2 heterocycles. The maximum atomic E-state index is 12.3. The average molecular weight is 310 g/mol. The summed E-state index contributed by atoms with van der Waals surface area (Å²) in [5.41, 5.74) is -0.871. The zero-order chi connectivity index (χ0) is 16.0. The van der Waals surface area contributed by atoms with Gasteiger partial charge in [-0.3, -0.25) is 9.59 Å². The van der Waals surface area contributed by atoms with Gasteiger partial charge in [-0.05, 0) is 25.7 Å². The molecular weight excluding hydrogens is 288 g/mol. The lowest BCUT2D eigenvalue weighted by molar-refractivity contribution is -0.156. The van der Waals surface area contributed by atoms with Crippen LogP contribution in [0.2, 0.25) is 0 Å². The number of carboxylic acids is 1. The maximum absolute atomic E-state index is 12.3. The lowest BCUT2D eigenvalue weighted by atomic mass is 9.76. The molecule has 1 atom stereocenters. The van der Waals surface area contributed by atoms with Crippen LogP contribution in [-0.4, -0.2) is 63.7 Å². The lowest BCUT2D eigenvalue weighted by Gasteiger charge is -2.40. The van der Waals surface area contributed by atoms with Gasteiger partial charge < -0.3 is 14.7 Å². The van der Waals surface area contributed by atoms with Gasteiger partial charge >= 0.3 is 5.97 Å². The topological polar surface area (TPSA) is 97.6 Å². The zero-order valence-corrected chi connectivity index (χ0v) is 12.8. The quantitative estimate of drug-likeness (QED) is 0.732. The van der Waals surface area contributed by atoms with Crippen LogP contribution in [-0.2, 0) is 20.9 Å². The lowest BCUT2D eigenvalue weighted by Crippen LogP contribution is -2.50. The predicted octanol–water partition coefficient (Wildman–Crippen LogP) is 0.398. The van der Waals surface area contributed by atoms with Crippen molar-refractivity contribution in [2.45, 2.75) is 32.2 Å². The number of amides is 1. The fourth-order valence-electron chi connectivity index (χ4n) is 2.93. The molecule has 1 amide bonds. The Bertz CT molecular complexity index is 505. The smallest absolute Gasteiger partial charge is 0.311 e. The van der Waals surface area contributed by atoms with Crippen molar-refractivity contribution in [3.8, 4) is 0 Å². The fraction of sp³-hybridized carbons (Fsp3) is 0.714. The van der Waals surface area contributed by atoms with E-state index < -0.39 is 11.4 Å². The highest BCUT2D eigenvalue weighted by molar-refractivity contribution is 5.79. The highest BCUT2D eigenvalue weighted by Gasteiger charge is 2.43. The summed E-state index contributed by atoms with van der Waals surface area (Å²) in [7, 11) is 1.60. The number of methoxy groups -OCH3 is 1. The first-order chi connectivity index (χ1) is 10.6.